The maximum atomic E-state index is 3.76. The van der Waals surface area contributed by atoms with Crippen molar-refractivity contribution in [2.45, 2.75) is 103 Å². The summed E-state index contributed by atoms with van der Waals surface area (Å²) in [7, 11) is 0. The molecule has 0 radical (unpaired) electrons. The van der Waals surface area contributed by atoms with Gasteiger partial charge in [-0.15, -0.1) is 0 Å². The molecule has 1 rings (SSSR count). The minimum absolute atomic E-state index is 0.691. The minimum Gasteiger partial charge on any atom is -0.311 e. The Morgan fingerprint density at radius 1 is 0.857 bits per heavy atom. The van der Waals surface area contributed by atoms with E-state index in [1.165, 1.54) is 90.3 Å². The van der Waals surface area contributed by atoms with Crippen LogP contribution in [0.5, 0.6) is 0 Å². The summed E-state index contributed by atoms with van der Waals surface area (Å²) >= 11 is 0. The van der Waals surface area contributed by atoms with Gasteiger partial charge in [-0.3, -0.25) is 0 Å². The summed E-state index contributed by atoms with van der Waals surface area (Å²) in [4.78, 5) is 2.72. The molecule has 1 fully saturated rings. The average molecular weight is 297 g/mol. The SMILES string of the molecule is CCCCCCCCCCN1CCC(C)NC(CC)CC1. The van der Waals surface area contributed by atoms with Gasteiger partial charge in [0.15, 0.2) is 0 Å². The highest BCUT2D eigenvalue weighted by molar-refractivity contribution is 4.76. The van der Waals surface area contributed by atoms with E-state index in [1.54, 1.807) is 0 Å². The third-order valence-corrected chi connectivity index (χ3v) is 5.01. The van der Waals surface area contributed by atoms with Gasteiger partial charge >= 0.3 is 0 Å². The summed E-state index contributed by atoms with van der Waals surface area (Å²) in [5.41, 5.74) is 0. The largest absolute Gasteiger partial charge is 0.311 e. The molecule has 2 unspecified atom stereocenters. The molecule has 126 valence electrons. The lowest BCUT2D eigenvalue weighted by Crippen LogP contribution is -2.44. The molecule has 1 aliphatic heterocycles. The molecule has 0 spiro atoms. The molecule has 1 N–H and O–H groups in total. The lowest BCUT2D eigenvalue weighted by Gasteiger charge is -2.32. The number of hydrogen-bond donors (Lipinski definition) is 1. The maximum absolute atomic E-state index is 3.76. The summed E-state index contributed by atoms with van der Waals surface area (Å²) in [5, 5.41) is 3.76. The van der Waals surface area contributed by atoms with E-state index in [2.05, 4.69) is 31.0 Å². The maximum Gasteiger partial charge on any atom is 0.00790 e. The molecule has 1 aliphatic rings. The predicted octanol–water partition coefficient (Wildman–Crippen LogP) is 4.98. The smallest absolute Gasteiger partial charge is 0.00790 e. The Hall–Kier alpha value is -0.0800. The van der Waals surface area contributed by atoms with E-state index >= 15 is 0 Å². The lowest BCUT2D eigenvalue weighted by molar-refractivity contribution is 0.209. The van der Waals surface area contributed by atoms with Gasteiger partial charge in [0, 0.05) is 12.1 Å². The fourth-order valence-electron chi connectivity index (χ4n) is 3.41. The zero-order valence-electron chi connectivity index (χ0n) is 15.0. The van der Waals surface area contributed by atoms with Crippen LogP contribution in [-0.2, 0) is 0 Å². The van der Waals surface area contributed by atoms with E-state index in [0.29, 0.717) is 6.04 Å². The molecule has 0 amide bonds. The zero-order chi connectivity index (χ0) is 15.3. The summed E-state index contributed by atoms with van der Waals surface area (Å²) < 4.78 is 0. The molecule has 0 aromatic rings. The van der Waals surface area contributed by atoms with Gasteiger partial charge in [-0.05, 0) is 52.2 Å². The molecule has 2 atom stereocenters. The van der Waals surface area contributed by atoms with Gasteiger partial charge < -0.3 is 10.2 Å². The van der Waals surface area contributed by atoms with Crippen LogP contribution in [0, 0.1) is 0 Å². The number of hydrogen-bond acceptors (Lipinski definition) is 2. The molecule has 0 aliphatic carbocycles. The van der Waals surface area contributed by atoms with E-state index in [4.69, 9.17) is 0 Å². The molecule has 2 heteroatoms. The lowest BCUT2D eigenvalue weighted by atomic mass is 10.0. The average Bonchev–Trinajstić information content (AvgIpc) is 2.48. The number of unbranched alkanes of at least 4 members (excludes halogenated alkanes) is 7. The van der Waals surface area contributed by atoms with Crippen LogP contribution in [0.2, 0.25) is 0 Å². The first kappa shape index (κ1) is 19.0. The third-order valence-electron chi connectivity index (χ3n) is 5.01. The second kappa shape index (κ2) is 12.5. The summed E-state index contributed by atoms with van der Waals surface area (Å²) in [6.45, 7) is 10.9. The van der Waals surface area contributed by atoms with Gasteiger partial charge in [0.1, 0.15) is 0 Å². The first-order valence-corrected chi connectivity index (χ1v) is 9.74. The quantitative estimate of drug-likeness (QED) is 0.572. The summed E-state index contributed by atoms with van der Waals surface area (Å²) in [6, 6.07) is 1.43. The number of nitrogens with one attached hydrogen (secondary N) is 1. The fourth-order valence-corrected chi connectivity index (χ4v) is 3.41. The summed E-state index contributed by atoms with van der Waals surface area (Å²) in [5.74, 6) is 0. The van der Waals surface area contributed by atoms with Gasteiger partial charge in [0.2, 0.25) is 0 Å². The van der Waals surface area contributed by atoms with Crippen molar-refractivity contribution in [1.82, 2.24) is 10.2 Å². The predicted molar refractivity (Wildman–Crippen MR) is 95.0 cm³/mol. The molecule has 1 saturated heterocycles. The van der Waals surface area contributed by atoms with Crippen LogP contribution in [0.25, 0.3) is 0 Å². The van der Waals surface area contributed by atoms with Crippen LogP contribution >= 0.6 is 0 Å². The Kier molecular flexibility index (Phi) is 11.3. The molecule has 0 bridgehead atoms. The van der Waals surface area contributed by atoms with Crippen molar-refractivity contribution in [1.29, 1.82) is 0 Å². The Morgan fingerprint density at radius 3 is 2.14 bits per heavy atom. The Labute approximate surface area is 134 Å². The van der Waals surface area contributed by atoms with Gasteiger partial charge in [-0.25, -0.2) is 0 Å². The minimum atomic E-state index is 0.691. The van der Waals surface area contributed by atoms with E-state index in [1.807, 2.05) is 0 Å². The number of rotatable bonds is 10. The molecule has 21 heavy (non-hydrogen) atoms. The highest BCUT2D eigenvalue weighted by Gasteiger charge is 2.16. The third kappa shape index (κ3) is 9.52. The van der Waals surface area contributed by atoms with Crippen LogP contribution in [0.4, 0.5) is 0 Å². The number of nitrogens with zero attached hydrogens (tertiary/aromatic N) is 1. The highest BCUT2D eigenvalue weighted by Crippen LogP contribution is 2.12. The van der Waals surface area contributed by atoms with E-state index < -0.39 is 0 Å². The van der Waals surface area contributed by atoms with E-state index in [9.17, 15) is 0 Å². The van der Waals surface area contributed by atoms with Crippen molar-refractivity contribution in [2.75, 3.05) is 19.6 Å². The van der Waals surface area contributed by atoms with Gasteiger partial charge in [0.25, 0.3) is 0 Å². The monoisotopic (exact) mass is 296 g/mol. The topological polar surface area (TPSA) is 15.3 Å². The van der Waals surface area contributed by atoms with E-state index in [-0.39, 0.29) is 0 Å². The van der Waals surface area contributed by atoms with Gasteiger partial charge in [0.05, 0.1) is 0 Å². The van der Waals surface area contributed by atoms with Crippen LogP contribution < -0.4 is 5.32 Å². The molecule has 0 aromatic carbocycles. The molecule has 2 nitrogen and oxygen atoms in total. The van der Waals surface area contributed by atoms with Crippen molar-refractivity contribution in [3.05, 3.63) is 0 Å². The van der Waals surface area contributed by atoms with Crippen LogP contribution in [-0.4, -0.2) is 36.6 Å². The van der Waals surface area contributed by atoms with Crippen LogP contribution in [0.3, 0.4) is 0 Å². The molecule has 0 aromatic heterocycles. The Balaban J connectivity index is 2.05. The van der Waals surface area contributed by atoms with Crippen molar-refractivity contribution in [3.63, 3.8) is 0 Å². The van der Waals surface area contributed by atoms with Crippen molar-refractivity contribution in [2.24, 2.45) is 0 Å². The van der Waals surface area contributed by atoms with Crippen LogP contribution in [0.1, 0.15) is 91.4 Å². The van der Waals surface area contributed by atoms with Gasteiger partial charge in [-0.2, -0.15) is 0 Å². The zero-order valence-corrected chi connectivity index (χ0v) is 15.0. The Bertz CT molecular complexity index is 230. The van der Waals surface area contributed by atoms with E-state index in [0.717, 1.165) is 6.04 Å². The normalized spacial score (nSPS) is 24.7. The second-order valence-corrected chi connectivity index (χ2v) is 7.07. The second-order valence-electron chi connectivity index (χ2n) is 7.07. The van der Waals surface area contributed by atoms with Crippen molar-refractivity contribution >= 4 is 0 Å². The standard InChI is InChI=1S/C19H40N2/c1-4-6-7-8-9-10-11-12-15-21-16-13-18(3)20-19(5-2)14-17-21/h18-20H,4-17H2,1-3H3. The Morgan fingerprint density at radius 2 is 1.48 bits per heavy atom. The first-order valence-electron chi connectivity index (χ1n) is 9.74. The molecule has 1 heterocycles. The van der Waals surface area contributed by atoms with Crippen molar-refractivity contribution < 1.29 is 0 Å². The summed E-state index contributed by atoms with van der Waals surface area (Å²) in [6.07, 6.45) is 15.4. The van der Waals surface area contributed by atoms with Crippen molar-refractivity contribution in [3.8, 4) is 0 Å². The molecular weight excluding hydrogens is 256 g/mol. The van der Waals surface area contributed by atoms with Gasteiger partial charge in [-0.1, -0.05) is 58.8 Å². The molecule has 0 saturated carbocycles. The fraction of sp³-hybridized carbons (Fsp3) is 1.00. The first-order chi connectivity index (χ1) is 10.3. The molecular formula is C19H40N2. The van der Waals surface area contributed by atoms with Crippen LogP contribution in [0.15, 0.2) is 0 Å². The highest BCUT2D eigenvalue weighted by atomic mass is 15.1.